The highest BCUT2D eigenvalue weighted by atomic mass is 35.5. The Balaban J connectivity index is 0.00000180. The van der Waals surface area contributed by atoms with Gasteiger partial charge in [-0.3, -0.25) is 4.79 Å². The quantitative estimate of drug-likeness (QED) is 0.806. The molecule has 0 radical (unpaired) electrons. The number of rotatable bonds is 4. The van der Waals surface area contributed by atoms with Crippen molar-refractivity contribution < 1.29 is 9.90 Å². The van der Waals surface area contributed by atoms with Crippen molar-refractivity contribution in [2.75, 3.05) is 0 Å². The summed E-state index contributed by atoms with van der Waals surface area (Å²) in [7, 11) is 0. The summed E-state index contributed by atoms with van der Waals surface area (Å²) in [5.41, 5.74) is 8.87. The number of para-hydroxylation sites is 1. The van der Waals surface area contributed by atoms with Gasteiger partial charge in [0.1, 0.15) is 6.04 Å². The topological polar surface area (TPSA) is 79.1 Å². The molecular weight excluding hydrogens is 264 g/mol. The van der Waals surface area contributed by atoms with Crippen molar-refractivity contribution in [2.45, 2.75) is 32.2 Å². The van der Waals surface area contributed by atoms with Crippen LogP contribution in [0.25, 0.3) is 10.9 Å². The van der Waals surface area contributed by atoms with E-state index in [4.69, 9.17) is 10.8 Å². The molecule has 1 aromatic heterocycles. The predicted octanol–water partition coefficient (Wildman–Crippen LogP) is 2.67. The molecule has 19 heavy (non-hydrogen) atoms. The molecule has 4 N–H and O–H groups in total. The summed E-state index contributed by atoms with van der Waals surface area (Å²) in [6, 6.07) is 5.24. The Morgan fingerprint density at radius 2 is 2.11 bits per heavy atom. The maximum atomic E-state index is 10.8. The van der Waals surface area contributed by atoms with Crippen LogP contribution in [0.2, 0.25) is 0 Å². The molecule has 0 spiro atoms. The van der Waals surface area contributed by atoms with E-state index in [0.717, 1.165) is 16.5 Å². The second-order valence-electron chi connectivity index (χ2n) is 4.89. The number of halogens is 1. The number of hydrogen-bond donors (Lipinski definition) is 3. The Kier molecular flexibility index (Phi) is 4.97. The van der Waals surface area contributed by atoms with Crippen LogP contribution in [0.5, 0.6) is 0 Å². The average molecular weight is 283 g/mol. The van der Waals surface area contributed by atoms with Crippen molar-refractivity contribution in [3.8, 4) is 0 Å². The van der Waals surface area contributed by atoms with Gasteiger partial charge in [-0.15, -0.1) is 12.4 Å². The highest BCUT2D eigenvalue weighted by molar-refractivity contribution is 5.87. The second-order valence-corrected chi connectivity index (χ2v) is 4.89. The van der Waals surface area contributed by atoms with Crippen molar-refractivity contribution in [2.24, 2.45) is 5.73 Å². The van der Waals surface area contributed by atoms with Crippen molar-refractivity contribution in [1.29, 1.82) is 0 Å². The van der Waals surface area contributed by atoms with Crippen LogP contribution in [-0.2, 0) is 11.2 Å². The smallest absolute Gasteiger partial charge is 0.320 e. The standard InChI is InChI=1S/C14H18N2O2.ClH/c1-8(2)10-4-3-5-11-9(7-16-13(10)11)6-12(15)14(17)18;/h3-5,7-8,12,16H,6,15H2,1-2H3,(H,17,18);1H/t12-;/m0./s1. The molecule has 1 aromatic carbocycles. The highest BCUT2D eigenvalue weighted by Gasteiger charge is 2.16. The molecule has 5 heteroatoms. The molecule has 1 heterocycles. The van der Waals surface area contributed by atoms with Gasteiger partial charge in [0.25, 0.3) is 0 Å². The Morgan fingerprint density at radius 1 is 1.42 bits per heavy atom. The van der Waals surface area contributed by atoms with Crippen LogP contribution < -0.4 is 5.73 Å². The van der Waals surface area contributed by atoms with Crippen molar-refractivity contribution in [3.63, 3.8) is 0 Å². The molecular formula is C14H19ClN2O2. The minimum absolute atomic E-state index is 0. The second kappa shape index (κ2) is 6.08. The third-order valence-electron chi connectivity index (χ3n) is 3.21. The van der Waals surface area contributed by atoms with Gasteiger partial charge in [0, 0.05) is 23.5 Å². The zero-order valence-corrected chi connectivity index (χ0v) is 11.8. The van der Waals surface area contributed by atoms with E-state index in [-0.39, 0.29) is 12.4 Å². The summed E-state index contributed by atoms with van der Waals surface area (Å²) >= 11 is 0. The van der Waals surface area contributed by atoms with E-state index >= 15 is 0 Å². The van der Waals surface area contributed by atoms with E-state index in [0.29, 0.717) is 12.3 Å². The monoisotopic (exact) mass is 282 g/mol. The van der Waals surface area contributed by atoms with Crippen LogP contribution in [0.3, 0.4) is 0 Å². The summed E-state index contributed by atoms with van der Waals surface area (Å²) in [6.07, 6.45) is 2.20. The minimum atomic E-state index is -0.968. The van der Waals surface area contributed by atoms with Gasteiger partial charge < -0.3 is 15.8 Å². The first kappa shape index (κ1) is 15.5. The fraction of sp³-hybridized carbons (Fsp3) is 0.357. The predicted molar refractivity (Wildman–Crippen MR) is 79.0 cm³/mol. The number of hydrogen-bond acceptors (Lipinski definition) is 2. The van der Waals surface area contributed by atoms with E-state index in [1.807, 2.05) is 18.3 Å². The van der Waals surface area contributed by atoms with Gasteiger partial charge in [-0.05, 0) is 17.0 Å². The van der Waals surface area contributed by atoms with E-state index < -0.39 is 12.0 Å². The Hall–Kier alpha value is -1.52. The number of aliphatic carboxylic acids is 1. The molecule has 0 unspecified atom stereocenters. The third-order valence-corrected chi connectivity index (χ3v) is 3.21. The maximum Gasteiger partial charge on any atom is 0.320 e. The molecule has 2 rings (SSSR count). The molecule has 4 nitrogen and oxygen atoms in total. The molecule has 0 aliphatic carbocycles. The number of carboxylic acids is 1. The van der Waals surface area contributed by atoms with Crippen LogP contribution in [0.1, 0.15) is 30.9 Å². The third kappa shape index (κ3) is 3.08. The molecule has 0 saturated carbocycles. The van der Waals surface area contributed by atoms with Crippen LogP contribution >= 0.6 is 12.4 Å². The van der Waals surface area contributed by atoms with Gasteiger partial charge in [-0.2, -0.15) is 0 Å². The minimum Gasteiger partial charge on any atom is -0.480 e. The van der Waals surface area contributed by atoms with Crippen molar-refractivity contribution in [1.82, 2.24) is 4.98 Å². The molecule has 0 bridgehead atoms. The number of carbonyl (C=O) groups is 1. The number of aromatic nitrogens is 1. The van der Waals surface area contributed by atoms with Crippen LogP contribution in [0.15, 0.2) is 24.4 Å². The first-order valence-corrected chi connectivity index (χ1v) is 6.08. The molecule has 0 saturated heterocycles. The molecule has 2 aromatic rings. The van der Waals surface area contributed by atoms with E-state index in [1.54, 1.807) is 0 Å². The fourth-order valence-corrected chi connectivity index (χ4v) is 2.21. The first-order valence-electron chi connectivity index (χ1n) is 6.08. The largest absolute Gasteiger partial charge is 0.480 e. The number of nitrogens with one attached hydrogen (secondary N) is 1. The molecule has 0 amide bonds. The molecule has 104 valence electrons. The zero-order valence-electron chi connectivity index (χ0n) is 11.0. The van der Waals surface area contributed by atoms with Crippen LogP contribution in [0, 0.1) is 0 Å². The summed E-state index contributed by atoms with van der Waals surface area (Å²) in [4.78, 5) is 14.0. The summed E-state index contributed by atoms with van der Waals surface area (Å²) in [5, 5.41) is 9.93. The van der Waals surface area contributed by atoms with E-state index in [9.17, 15) is 4.79 Å². The molecule has 0 aliphatic rings. The average Bonchev–Trinajstić information content (AvgIpc) is 2.72. The van der Waals surface area contributed by atoms with Gasteiger partial charge in [-0.1, -0.05) is 32.0 Å². The normalized spacial score (nSPS) is 12.4. The Bertz CT molecular complexity index is 578. The van der Waals surface area contributed by atoms with E-state index in [2.05, 4.69) is 24.9 Å². The van der Waals surface area contributed by atoms with Gasteiger partial charge >= 0.3 is 5.97 Å². The maximum absolute atomic E-state index is 10.8. The number of H-pyrrole nitrogens is 1. The number of aromatic amines is 1. The lowest BCUT2D eigenvalue weighted by atomic mass is 9.98. The van der Waals surface area contributed by atoms with Gasteiger partial charge in [0.15, 0.2) is 0 Å². The number of benzene rings is 1. The Morgan fingerprint density at radius 3 is 2.68 bits per heavy atom. The molecule has 0 aliphatic heterocycles. The zero-order chi connectivity index (χ0) is 13.3. The van der Waals surface area contributed by atoms with Crippen LogP contribution in [0.4, 0.5) is 0 Å². The van der Waals surface area contributed by atoms with Gasteiger partial charge in [0.05, 0.1) is 0 Å². The Labute approximate surface area is 118 Å². The summed E-state index contributed by atoms with van der Waals surface area (Å²) in [6.45, 7) is 4.27. The number of nitrogens with two attached hydrogens (primary N) is 1. The number of carboxylic acid groups (broad SMARTS) is 1. The van der Waals surface area contributed by atoms with Crippen molar-refractivity contribution in [3.05, 3.63) is 35.5 Å². The lowest BCUT2D eigenvalue weighted by Gasteiger charge is -2.08. The van der Waals surface area contributed by atoms with Gasteiger partial charge in [-0.25, -0.2) is 0 Å². The number of fused-ring (bicyclic) bond motifs is 1. The lowest BCUT2D eigenvalue weighted by molar-refractivity contribution is -0.138. The van der Waals surface area contributed by atoms with Gasteiger partial charge in [0.2, 0.25) is 0 Å². The van der Waals surface area contributed by atoms with Crippen molar-refractivity contribution >= 4 is 29.3 Å². The SMILES string of the molecule is CC(C)c1cccc2c(C[C@H](N)C(=O)O)c[nH]c12.Cl. The first-order chi connectivity index (χ1) is 8.50. The lowest BCUT2D eigenvalue weighted by Crippen LogP contribution is -2.32. The molecule has 1 atom stereocenters. The summed E-state index contributed by atoms with van der Waals surface area (Å²) in [5.74, 6) is -0.544. The van der Waals surface area contributed by atoms with E-state index in [1.165, 1.54) is 5.56 Å². The summed E-state index contributed by atoms with van der Waals surface area (Å²) < 4.78 is 0. The fourth-order valence-electron chi connectivity index (χ4n) is 2.21. The molecule has 0 fully saturated rings. The van der Waals surface area contributed by atoms with Crippen LogP contribution in [-0.4, -0.2) is 22.1 Å². The highest BCUT2D eigenvalue weighted by Crippen LogP contribution is 2.27.